The van der Waals surface area contributed by atoms with Crippen LogP contribution in [0, 0.1) is 0 Å². The van der Waals surface area contributed by atoms with Crippen LogP contribution in [0.5, 0.6) is 0 Å². The zero-order valence-electron chi connectivity index (χ0n) is 16.6. The molecule has 160 valence electrons. The van der Waals surface area contributed by atoms with E-state index in [-0.39, 0.29) is 12.6 Å². The van der Waals surface area contributed by atoms with Crippen molar-refractivity contribution in [1.29, 1.82) is 0 Å². The molecule has 0 atom stereocenters. The lowest BCUT2D eigenvalue weighted by atomic mass is 10.4. The van der Waals surface area contributed by atoms with Gasteiger partial charge in [-0.1, -0.05) is 18.7 Å². The van der Waals surface area contributed by atoms with Crippen LogP contribution in [-0.4, -0.2) is 47.7 Å². The highest BCUT2D eigenvalue weighted by Gasteiger charge is 2.09. The molecule has 1 aliphatic rings. The topological polar surface area (TPSA) is 81.1 Å². The van der Waals surface area contributed by atoms with E-state index in [1.54, 1.807) is 25.4 Å². The predicted molar refractivity (Wildman–Crippen MR) is 104 cm³/mol. The highest BCUT2D eigenvalue weighted by Crippen LogP contribution is 2.08. The maximum absolute atomic E-state index is 11.0. The Morgan fingerprint density at radius 2 is 2.11 bits per heavy atom. The van der Waals surface area contributed by atoms with Crippen molar-refractivity contribution in [3.05, 3.63) is 49.2 Å². The largest absolute Gasteiger partial charge is 0.345 e. The molecule has 2 N–H and O–H groups in total. The quantitative estimate of drug-likeness (QED) is 0.560. The van der Waals surface area contributed by atoms with Gasteiger partial charge in [0.2, 0.25) is 0 Å². The third kappa shape index (κ3) is 15.6. The molecule has 0 radical (unpaired) electrons. The normalized spacial score (nSPS) is 11.5. The van der Waals surface area contributed by atoms with Crippen molar-refractivity contribution in [2.75, 3.05) is 20.3 Å². The molecule has 0 bridgehead atoms. The molecule has 1 aromatic heterocycles. The Morgan fingerprint density at radius 1 is 1.43 bits per heavy atom. The average molecular weight is 405 g/mol. The smallest absolute Gasteiger partial charge is 0.338 e. The summed E-state index contributed by atoms with van der Waals surface area (Å²) in [6, 6.07) is -0.178. The zero-order chi connectivity index (χ0) is 21.8. The molecule has 0 aliphatic carbocycles. The van der Waals surface area contributed by atoms with Gasteiger partial charge in [-0.15, -0.1) is 16.8 Å². The first-order chi connectivity index (χ1) is 13.4. The van der Waals surface area contributed by atoms with Gasteiger partial charge in [-0.3, -0.25) is 4.39 Å². The molecule has 0 saturated carbocycles. The Labute approximate surface area is 164 Å². The zero-order valence-corrected chi connectivity index (χ0v) is 16.6. The van der Waals surface area contributed by atoms with Crippen molar-refractivity contribution in [3.63, 3.8) is 0 Å². The van der Waals surface area contributed by atoms with Crippen LogP contribution in [0.1, 0.15) is 26.1 Å². The molecule has 7 nitrogen and oxygen atoms in total. The number of amides is 2. The Balaban J connectivity index is 0. The molecule has 2 rings (SSSR count). The lowest BCUT2D eigenvalue weighted by Crippen LogP contribution is -2.33. The number of alkyl halides is 3. The van der Waals surface area contributed by atoms with Crippen LogP contribution in [0.15, 0.2) is 43.4 Å². The van der Waals surface area contributed by atoms with Crippen LogP contribution in [-0.2, 0) is 17.7 Å². The maximum atomic E-state index is 11.0. The minimum Gasteiger partial charge on any atom is -0.338 e. The van der Waals surface area contributed by atoms with Gasteiger partial charge in [0.05, 0.1) is 13.8 Å². The number of allylic oxidation sites excluding steroid dienone is 3. The number of aryl methyl sites for hydroxylation is 2. The number of aromatic nitrogens is 3. The first kappa shape index (κ1) is 27.6. The Kier molecular flexibility index (Phi) is 18.9. The summed E-state index contributed by atoms with van der Waals surface area (Å²) in [7, 11) is 0.500. The maximum Gasteiger partial charge on any atom is 0.345 e. The minimum absolute atomic E-state index is 0.0856. The minimum atomic E-state index is -2.67. The molecular formula is C18H30F3N5O2. The SMILES string of the molecule is C=C/C=C(\C)NC(=O)NCC.C=CCOC(F)F.CF.c1nnc2n1CCC2. The number of halogens is 3. The van der Waals surface area contributed by atoms with Gasteiger partial charge in [0, 0.05) is 25.2 Å². The molecule has 1 aromatic rings. The molecule has 2 heterocycles. The summed E-state index contributed by atoms with van der Waals surface area (Å²) in [5, 5.41) is 12.9. The summed E-state index contributed by atoms with van der Waals surface area (Å²) in [5.74, 6) is 1.14. The molecule has 0 spiro atoms. The van der Waals surface area contributed by atoms with Gasteiger partial charge in [-0.2, -0.15) is 8.78 Å². The second-order valence-electron chi connectivity index (χ2n) is 5.00. The molecule has 10 heteroatoms. The van der Waals surface area contributed by atoms with Crippen molar-refractivity contribution in [2.45, 2.75) is 39.8 Å². The Bertz CT molecular complexity index is 559. The lowest BCUT2D eigenvalue weighted by Gasteiger charge is -2.03. The van der Waals surface area contributed by atoms with Crippen molar-refractivity contribution in [1.82, 2.24) is 25.4 Å². The van der Waals surface area contributed by atoms with Crippen molar-refractivity contribution in [2.24, 2.45) is 0 Å². The van der Waals surface area contributed by atoms with Crippen molar-refractivity contribution in [3.8, 4) is 0 Å². The summed E-state index contributed by atoms with van der Waals surface area (Å²) in [4.78, 5) is 10.8. The standard InChI is InChI=1S/C8H14N2O.C5H7N3.C4H6F2O.CH3F/c1-4-6-7(3)10-8(11)9-5-2;1-2-5-7-6-4-8(5)3-1;1-2-3-7-4(5)6;1-2/h4,6H,1,5H2,2-3H3,(H2,9,10,11);4H,1-3H2;2,4H,1,3H2;1H3/b7-6+;;;. The van der Waals surface area contributed by atoms with E-state index in [1.807, 2.05) is 6.92 Å². The highest BCUT2D eigenvalue weighted by atomic mass is 19.3. The number of nitrogens with one attached hydrogen (secondary N) is 2. The van der Waals surface area contributed by atoms with E-state index >= 15 is 0 Å². The van der Waals surface area contributed by atoms with E-state index in [0.717, 1.165) is 24.5 Å². The van der Waals surface area contributed by atoms with Crippen LogP contribution >= 0.6 is 0 Å². The molecule has 0 aromatic carbocycles. The van der Waals surface area contributed by atoms with E-state index in [2.05, 4.69) is 43.3 Å². The van der Waals surface area contributed by atoms with Gasteiger partial charge < -0.3 is 19.9 Å². The van der Waals surface area contributed by atoms with Gasteiger partial charge in [0.15, 0.2) is 0 Å². The summed E-state index contributed by atoms with van der Waals surface area (Å²) in [6.45, 7) is 9.34. The number of carbonyl (C=O) groups excluding carboxylic acids is 1. The number of carbonyl (C=O) groups is 1. The second-order valence-corrected chi connectivity index (χ2v) is 5.00. The van der Waals surface area contributed by atoms with Crippen LogP contribution in [0.25, 0.3) is 0 Å². The van der Waals surface area contributed by atoms with E-state index in [1.165, 1.54) is 12.5 Å². The van der Waals surface area contributed by atoms with Crippen molar-refractivity contribution < 1.29 is 22.7 Å². The predicted octanol–water partition coefficient (Wildman–Crippen LogP) is 3.62. The molecule has 28 heavy (non-hydrogen) atoms. The van der Waals surface area contributed by atoms with Gasteiger partial charge in [-0.25, -0.2) is 4.79 Å². The van der Waals surface area contributed by atoms with Crippen LogP contribution < -0.4 is 10.6 Å². The highest BCUT2D eigenvalue weighted by molar-refractivity contribution is 5.75. The van der Waals surface area contributed by atoms with Crippen LogP contribution in [0.2, 0.25) is 0 Å². The average Bonchev–Trinajstić information content (AvgIpc) is 3.28. The summed E-state index contributed by atoms with van der Waals surface area (Å²) < 4.78 is 37.2. The number of fused-ring (bicyclic) bond motifs is 1. The van der Waals surface area contributed by atoms with Gasteiger partial charge >= 0.3 is 12.6 Å². The molecule has 0 saturated heterocycles. The fourth-order valence-electron chi connectivity index (χ4n) is 1.81. The van der Waals surface area contributed by atoms with E-state index < -0.39 is 6.61 Å². The summed E-state index contributed by atoms with van der Waals surface area (Å²) in [6.07, 6.45) is 8.77. The van der Waals surface area contributed by atoms with Crippen LogP contribution in [0.3, 0.4) is 0 Å². The third-order valence-electron chi connectivity index (χ3n) is 2.85. The van der Waals surface area contributed by atoms with Crippen LogP contribution in [0.4, 0.5) is 18.0 Å². The van der Waals surface area contributed by atoms with E-state index in [0.29, 0.717) is 13.7 Å². The molecular weight excluding hydrogens is 375 g/mol. The summed E-state index contributed by atoms with van der Waals surface area (Å²) in [5.41, 5.74) is 0.783. The monoisotopic (exact) mass is 405 g/mol. The molecule has 0 unspecified atom stereocenters. The molecule has 0 fully saturated rings. The van der Waals surface area contributed by atoms with Crippen molar-refractivity contribution >= 4 is 6.03 Å². The van der Waals surface area contributed by atoms with E-state index in [4.69, 9.17) is 0 Å². The summed E-state index contributed by atoms with van der Waals surface area (Å²) >= 11 is 0. The van der Waals surface area contributed by atoms with Gasteiger partial charge in [0.25, 0.3) is 0 Å². The molecule has 1 aliphatic heterocycles. The number of hydrogen-bond donors (Lipinski definition) is 2. The fourth-order valence-corrected chi connectivity index (χ4v) is 1.81. The third-order valence-corrected chi connectivity index (χ3v) is 2.85. The van der Waals surface area contributed by atoms with Gasteiger partial charge in [-0.05, 0) is 26.3 Å². The number of nitrogens with zero attached hydrogens (tertiary/aromatic N) is 3. The van der Waals surface area contributed by atoms with Gasteiger partial charge in [0.1, 0.15) is 12.2 Å². The Hall–Kier alpha value is -2.62. The second kappa shape index (κ2) is 19.2. The molecule has 2 amide bonds. The number of hydrogen-bond acceptors (Lipinski definition) is 4. The fraction of sp³-hybridized carbons (Fsp3) is 0.500. The lowest BCUT2D eigenvalue weighted by molar-refractivity contribution is -0.119. The Morgan fingerprint density at radius 3 is 2.57 bits per heavy atom. The first-order valence-corrected chi connectivity index (χ1v) is 8.53. The number of rotatable bonds is 6. The van der Waals surface area contributed by atoms with E-state index in [9.17, 15) is 18.0 Å². The number of urea groups is 1. The first-order valence-electron chi connectivity index (χ1n) is 8.53. The number of ether oxygens (including phenoxy) is 1.